The molecule has 1 unspecified atom stereocenters. The molecule has 0 bridgehead atoms. The summed E-state index contributed by atoms with van der Waals surface area (Å²) in [6.45, 7) is 2.70. The first-order valence-electron chi connectivity index (χ1n) is 4.75. The normalized spacial score (nSPS) is 14.2. The van der Waals surface area contributed by atoms with Crippen LogP contribution in [0.2, 0.25) is 0 Å². The number of alkyl halides is 3. The Balaban J connectivity index is 3.22. The zero-order valence-electron chi connectivity index (χ0n) is 8.78. The zero-order valence-corrected chi connectivity index (χ0v) is 8.78. The first-order valence-corrected chi connectivity index (χ1v) is 4.75. The van der Waals surface area contributed by atoms with Crippen molar-refractivity contribution in [1.29, 1.82) is 0 Å². The number of hydrogen-bond donors (Lipinski definition) is 0. The van der Waals surface area contributed by atoms with Crippen LogP contribution in [-0.2, 0) is 0 Å². The lowest BCUT2D eigenvalue weighted by Gasteiger charge is -2.24. The van der Waals surface area contributed by atoms with Gasteiger partial charge >= 0.3 is 6.18 Å². The van der Waals surface area contributed by atoms with Crippen LogP contribution in [0, 0.1) is 17.6 Å². The molecule has 0 aromatic heterocycles. The van der Waals surface area contributed by atoms with Crippen molar-refractivity contribution < 1.29 is 22.0 Å². The third-order valence-electron chi connectivity index (χ3n) is 2.32. The summed E-state index contributed by atoms with van der Waals surface area (Å²) in [6.07, 6.45) is -4.53. The molecule has 0 saturated carbocycles. The second kappa shape index (κ2) is 4.39. The highest BCUT2D eigenvalue weighted by atomic mass is 19.4. The summed E-state index contributed by atoms with van der Waals surface area (Å²) in [4.78, 5) is 0. The summed E-state index contributed by atoms with van der Waals surface area (Å²) in [5, 5.41) is 0. The van der Waals surface area contributed by atoms with Crippen LogP contribution in [0.4, 0.5) is 22.0 Å². The van der Waals surface area contributed by atoms with Gasteiger partial charge in [-0.1, -0.05) is 19.9 Å². The summed E-state index contributed by atoms with van der Waals surface area (Å²) in [5.74, 6) is -4.75. The van der Waals surface area contributed by atoms with Crippen molar-refractivity contribution in [2.45, 2.75) is 25.9 Å². The van der Waals surface area contributed by atoms with E-state index in [0.29, 0.717) is 6.07 Å². The Morgan fingerprint density at radius 1 is 1.06 bits per heavy atom. The smallest absolute Gasteiger partial charge is 0.207 e. The maximum Gasteiger partial charge on any atom is 0.396 e. The largest absolute Gasteiger partial charge is 0.396 e. The molecule has 5 heteroatoms. The minimum absolute atomic E-state index is 0.469. The standard InChI is InChI=1S/C11H11F5/c1-6(2)10(11(14,15)16)8-4-3-7(12)5-9(8)13/h3-6,10H,1-2H3. The molecule has 90 valence electrons. The molecule has 0 aliphatic rings. The van der Waals surface area contributed by atoms with E-state index in [1.54, 1.807) is 0 Å². The Labute approximate surface area is 90.1 Å². The maximum absolute atomic E-state index is 13.3. The van der Waals surface area contributed by atoms with Crippen molar-refractivity contribution >= 4 is 0 Å². The molecule has 0 N–H and O–H groups in total. The Morgan fingerprint density at radius 2 is 1.62 bits per heavy atom. The van der Waals surface area contributed by atoms with Crippen molar-refractivity contribution in [3.8, 4) is 0 Å². The van der Waals surface area contributed by atoms with Gasteiger partial charge in [0.2, 0.25) is 0 Å². The van der Waals surface area contributed by atoms with Gasteiger partial charge in [0.25, 0.3) is 0 Å². The predicted octanol–water partition coefficient (Wildman–Crippen LogP) is 4.27. The second-order valence-electron chi connectivity index (χ2n) is 3.93. The molecular formula is C11H11F5. The number of halogens is 5. The van der Waals surface area contributed by atoms with Crippen molar-refractivity contribution in [3.63, 3.8) is 0 Å². The first-order chi connectivity index (χ1) is 7.23. The van der Waals surface area contributed by atoms with Crippen LogP contribution in [0.25, 0.3) is 0 Å². The summed E-state index contributed by atoms with van der Waals surface area (Å²) in [7, 11) is 0. The number of rotatable bonds is 2. The van der Waals surface area contributed by atoms with E-state index in [0.717, 1.165) is 12.1 Å². The van der Waals surface area contributed by atoms with E-state index in [4.69, 9.17) is 0 Å². The Bertz CT molecular complexity index is 367. The quantitative estimate of drug-likeness (QED) is 0.675. The van der Waals surface area contributed by atoms with Gasteiger partial charge in [0, 0.05) is 11.6 Å². The van der Waals surface area contributed by atoms with E-state index >= 15 is 0 Å². The zero-order chi connectivity index (χ0) is 12.5. The van der Waals surface area contributed by atoms with Crippen molar-refractivity contribution in [3.05, 3.63) is 35.4 Å². The third-order valence-corrected chi connectivity index (χ3v) is 2.32. The molecule has 0 amide bonds. The van der Waals surface area contributed by atoms with Gasteiger partial charge in [0.1, 0.15) is 11.6 Å². The van der Waals surface area contributed by atoms with E-state index in [1.807, 2.05) is 0 Å². The fraction of sp³-hybridized carbons (Fsp3) is 0.455. The van der Waals surface area contributed by atoms with Crippen molar-refractivity contribution in [2.24, 2.45) is 5.92 Å². The molecule has 0 radical (unpaired) electrons. The Hall–Kier alpha value is -1.13. The van der Waals surface area contributed by atoms with Gasteiger partial charge in [-0.05, 0) is 12.0 Å². The summed E-state index contributed by atoms with van der Waals surface area (Å²) < 4.78 is 63.9. The van der Waals surface area contributed by atoms with Gasteiger partial charge < -0.3 is 0 Å². The topological polar surface area (TPSA) is 0 Å². The first kappa shape index (κ1) is 12.9. The molecule has 0 heterocycles. The van der Waals surface area contributed by atoms with Gasteiger partial charge in [-0.15, -0.1) is 0 Å². The van der Waals surface area contributed by atoms with E-state index in [2.05, 4.69) is 0 Å². The van der Waals surface area contributed by atoms with E-state index in [-0.39, 0.29) is 0 Å². The lowest BCUT2D eigenvalue weighted by molar-refractivity contribution is -0.160. The van der Waals surface area contributed by atoms with Gasteiger partial charge in [0.05, 0.1) is 5.92 Å². The van der Waals surface area contributed by atoms with E-state index in [1.165, 1.54) is 13.8 Å². The second-order valence-corrected chi connectivity index (χ2v) is 3.93. The van der Waals surface area contributed by atoms with Crippen LogP contribution < -0.4 is 0 Å². The molecule has 1 rings (SSSR count). The molecular weight excluding hydrogens is 227 g/mol. The summed E-state index contributed by atoms with van der Waals surface area (Å²) in [6, 6.07) is 2.15. The number of hydrogen-bond acceptors (Lipinski definition) is 0. The average Bonchev–Trinajstić information content (AvgIpc) is 2.06. The molecule has 16 heavy (non-hydrogen) atoms. The van der Waals surface area contributed by atoms with Crippen LogP contribution >= 0.6 is 0 Å². The minimum atomic E-state index is -4.53. The number of benzene rings is 1. The van der Waals surface area contributed by atoms with Gasteiger partial charge in [-0.2, -0.15) is 13.2 Å². The lowest BCUT2D eigenvalue weighted by Crippen LogP contribution is -2.26. The summed E-state index contributed by atoms with van der Waals surface area (Å²) in [5.41, 5.74) is -0.510. The maximum atomic E-state index is 13.3. The van der Waals surface area contributed by atoms with Crippen molar-refractivity contribution in [2.75, 3.05) is 0 Å². The van der Waals surface area contributed by atoms with E-state index in [9.17, 15) is 22.0 Å². The predicted molar refractivity (Wildman–Crippen MR) is 50.0 cm³/mol. The molecule has 0 spiro atoms. The van der Waals surface area contributed by atoms with Crippen LogP contribution in [-0.4, -0.2) is 6.18 Å². The minimum Gasteiger partial charge on any atom is -0.207 e. The SMILES string of the molecule is CC(C)C(c1ccc(F)cc1F)C(F)(F)F. The van der Waals surface area contributed by atoms with E-state index < -0.39 is 35.2 Å². The van der Waals surface area contributed by atoms with Gasteiger partial charge in [0.15, 0.2) is 0 Å². The van der Waals surface area contributed by atoms with Gasteiger partial charge in [-0.3, -0.25) is 0 Å². The molecule has 1 aromatic rings. The van der Waals surface area contributed by atoms with Crippen molar-refractivity contribution in [1.82, 2.24) is 0 Å². The van der Waals surface area contributed by atoms with Crippen LogP contribution in [0.3, 0.4) is 0 Å². The van der Waals surface area contributed by atoms with Crippen LogP contribution in [0.1, 0.15) is 25.3 Å². The third kappa shape index (κ3) is 2.71. The van der Waals surface area contributed by atoms with Gasteiger partial charge in [-0.25, -0.2) is 8.78 Å². The molecule has 0 fully saturated rings. The molecule has 0 saturated heterocycles. The lowest BCUT2D eigenvalue weighted by atomic mass is 9.87. The highest BCUT2D eigenvalue weighted by molar-refractivity contribution is 5.24. The average molecular weight is 238 g/mol. The fourth-order valence-corrected chi connectivity index (χ4v) is 1.67. The van der Waals surface area contributed by atoms with Crippen LogP contribution in [0.5, 0.6) is 0 Å². The monoisotopic (exact) mass is 238 g/mol. The summed E-state index contributed by atoms with van der Waals surface area (Å²) >= 11 is 0. The fourth-order valence-electron chi connectivity index (χ4n) is 1.67. The molecule has 0 nitrogen and oxygen atoms in total. The molecule has 0 aliphatic carbocycles. The van der Waals surface area contributed by atoms with Crippen LogP contribution in [0.15, 0.2) is 18.2 Å². The highest BCUT2D eigenvalue weighted by Gasteiger charge is 2.43. The highest BCUT2D eigenvalue weighted by Crippen LogP contribution is 2.41. The molecule has 1 atom stereocenters. The molecule has 0 aliphatic heterocycles. The molecule has 1 aromatic carbocycles. The Kier molecular flexibility index (Phi) is 3.55. The Morgan fingerprint density at radius 3 is 2.00 bits per heavy atom.